The van der Waals surface area contributed by atoms with E-state index < -0.39 is 18.1 Å². The summed E-state index contributed by atoms with van der Waals surface area (Å²) >= 11 is 0. The molecule has 0 aromatic heterocycles. The van der Waals surface area contributed by atoms with E-state index in [2.05, 4.69) is 11.9 Å². The summed E-state index contributed by atoms with van der Waals surface area (Å²) in [7, 11) is 1.26. The van der Waals surface area contributed by atoms with Gasteiger partial charge in [-0.3, -0.25) is 4.79 Å². The molecular weight excluding hydrogens is 278 g/mol. The highest BCUT2D eigenvalue weighted by Gasteiger charge is 2.53. The topological polar surface area (TPSA) is 94.2 Å². The summed E-state index contributed by atoms with van der Waals surface area (Å²) in [5.74, 6) is -0.375. The Kier molecular flexibility index (Phi) is 4.95. The predicted molar refractivity (Wildman–Crippen MR) is 71.5 cm³/mol. The van der Waals surface area contributed by atoms with Crippen LogP contribution in [-0.2, 0) is 23.8 Å². The maximum Gasteiger partial charge on any atom is 0.408 e. The summed E-state index contributed by atoms with van der Waals surface area (Å²) in [6, 6.07) is -0.810. The minimum absolute atomic E-state index is 0.0523. The number of nitrogens with one attached hydrogen (secondary N) is 1. The third kappa shape index (κ3) is 3.81. The van der Waals surface area contributed by atoms with Gasteiger partial charge in [0, 0.05) is 6.42 Å². The molecule has 1 aliphatic heterocycles. The van der Waals surface area contributed by atoms with E-state index in [4.69, 9.17) is 14.2 Å². The second-order valence-electron chi connectivity index (χ2n) is 5.13. The number of ether oxygens (including phenoxy) is 3. The Hall–Kier alpha value is -1.89. The molecule has 21 heavy (non-hydrogen) atoms. The van der Waals surface area contributed by atoms with Gasteiger partial charge in [-0.1, -0.05) is 12.7 Å². The maximum atomic E-state index is 11.8. The van der Waals surface area contributed by atoms with Crippen LogP contribution in [0.3, 0.4) is 0 Å². The van der Waals surface area contributed by atoms with Crippen LogP contribution in [-0.4, -0.2) is 49.8 Å². The molecule has 7 heteroatoms. The highest BCUT2D eigenvalue weighted by Crippen LogP contribution is 2.40. The van der Waals surface area contributed by atoms with Crippen LogP contribution >= 0.6 is 0 Å². The third-order valence-corrected chi connectivity index (χ3v) is 3.72. The molecule has 0 radical (unpaired) electrons. The number of rotatable bonds is 6. The van der Waals surface area contributed by atoms with Gasteiger partial charge in [-0.2, -0.15) is 0 Å². The monoisotopic (exact) mass is 297 g/mol. The molecule has 1 heterocycles. The predicted octanol–water partition coefficient (Wildman–Crippen LogP) is 0.577. The summed E-state index contributed by atoms with van der Waals surface area (Å²) in [5, 5.41) is 2.48. The standard InChI is InChI=1S/C14H19NO6/c1-3-6-20-14(18)15-9(13(17)19-2)7-8-4-5-10(16)12-11(8)21-12/h3,8-9,11-12H,1,4-7H2,2H3,(H,15,18)/t8-,9-,11+,12-/m0/s1. The Morgan fingerprint density at radius 2 is 2.33 bits per heavy atom. The van der Waals surface area contributed by atoms with E-state index in [1.807, 2.05) is 0 Å². The summed E-state index contributed by atoms with van der Waals surface area (Å²) in [5.41, 5.74) is 0. The lowest BCUT2D eigenvalue weighted by Crippen LogP contribution is -2.44. The second-order valence-corrected chi connectivity index (χ2v) is 5.13. The summed E-state index contributed by atoms with van der Waals surface area (Å²) < 4.78 is 14.8. The minimum atomic E-state index is -0.810. The molecule has 7 nitrogen and oxygen atoms in total. The highest BCUT2D eigenvalue weighted by atomic mass is 16.6. The molecule has 0 aromatic rings. The van der Waals surface area contributed by atoms with Crippen molar-refractivity contribution in [3.05, 3.63) is 12.7 Å². The highest BCUT2D eigenvalue weighted by molar-refractivity contribution is 5.87. The van der Waals surface area contributed by atoms with Crippen molar-refractivity contribution in [2.75, 3.05) is 13.7 Å². The first-order valence-electron chi connectivity index (χ1n) is 6.87. The number of ketones is 1. The lowest BCUT2D eigenvalue weighted by Gasteiger charge is -2.23. The number of carbonyl (C=O) groups excluding carboxylic acids is 3. The van der Waals surface area contributed by atoms with Gasteiger partial charge in [-0.05, 0) is 18.8 Å². The van der Waals surface area contributed by atoms with E-state index in [0.717, 1.165) is 0 Å². The molecule has 0 unspecified atom stereocenters. The first-order valence-corrected chi connectivity index (χ1v) is 6.87. The first kappa shape index (κ1) is 15.5. The Morgan fingerprint density at radius 1 is 1.57 bits per heavy atom. The van der Waals surface area contributed by atoms with Gasteiger partial charge in [0.15, 0.2) is 5.78 Å². The molecule has 0 bridgehead atoms. The third-order valence-electron chi connectivity index (χ3n) is 3.72. The van der Waals surface area contributed by atoms with Crippen molar-refractivity contribution in [2.24, 2.45) is 5.92 Å². The van der Waals surface area contributed by atoms with Crippen LogP contribution < -0.4 is 5.32 Å². The number of Topliss-reactive ketones (excluding diaryl/α,β-unsaturated/α-hetero) is 1. The van der Waals surface area contributed by atoms with Crippen LogP contribution in [0.25, 0.3) is 0 Å². The van der Waals surface area contributed by atoms with E-state index in [9.17, 15) is 14.4 Å². The van der Waals surface area contributed by atoms with Gasteiger partial charge in [-0.15, -0.1) is 0 Å². The normalized spacial score (nSPS) is 28.0. The fourth-order valence-corrected chi connectivity index (χ4v) is 2.61. The molecule has 1 aliphatic carbocycles. The van der Waals surface area contributed by atoms with Gasteiger partial charge in [-0.25, -0.2) is 9.59 Å². The van der Waals surface area contributed by atoms with Crippen molar-refractivity contribution in [1.29, 1.82) is 0 Å². The second kappa shape index (κ2) is 6.71. The Labute approximate surface area is 122 Å². The van der Waals surface area contributed by atoms with E-state index >= 15 is 0 Å². The molecule has 116 valence electrons. The summed E-state index contributed by atoms with van der Waals surface area (Å²) in [6.45, 7) is 3.50. The SMILES string of the molecule is C=CCOC(=O)N[C@@H](C[C@@H]1CCC(=O)[C@@H]2O[C@H]12)C(=O)OC. The van der Waals surface area contributed by atoms with E-state index in [1.165, 1.54) is 13.2 Å². The molecule has 1 amide bonds. The van der Waals surface area contributed by atoms with Gasteiger partial charge in [0.2, 0.25) is 0 Å². The van der Waals surface area contributed by atoms with Gasteiger partial charge < -0.3 is 19.5 Å². The summed E-state index contributed by atoms with van der Waals surface area (Å²) in [4.78, 5) is 34.7. The molecule has 0 aromatic carbocycles. The van der Waals surface area contributed by atoms with Crippen molar-refractivity contribution in [2.45, 2.75) is 37.5 Å². The van der Waals surface area contributed by atoms with Crippen molar-refractivity contribution in [3.8, 4) is 0 Å². The smallest absolute Gasteiger partial charge is 0.408 e. The maximum absolute atomic E-state index is 11.8. The number of epoxide rings is 1. The average molecular weight is 297 g/mol. The zero-order chi connectivity index (χ0) is 15.4. The molecule has 2 fully saturated rings. The number of carbonyl (C=O) groups is 3. The molecule has 4 atom stereocenters. The molecule has 1 saturated heterocycles. The van der Waals surface area contributed by atoms with Crippen LogP contribution in [0.2, 0.25) is 0 Å². The number of esters is 1. The fourth-order valence-electron chi connectivity index (χ4n) is 2.61. The lowest BCUT2D eigenvalue weighted by molar-refractivity contribution is -0.143. The van der Waals surface area contributed by atoms with Crippen LogP contribution in [0.4, 0.5) is 4.79 Å². The van der Waals surface area contributed by atoms with Gasteiger partial charge in [0.05, 0.1) is 13.2 Å². The van der Waals surface area contributed by atoms with Gasteiger partial charge in [0.1, 0.15) is 18.8 Å². The molecule has 2 aliphatic rings. The quantitative estimate of drug-likeness (QED) is 0.438. The van der Waals surface area contributed by atoms with Crippen LogP contribution in [0.15, 0.2) is 12.7 Å². The molecule has 1 N–H and O–H groups in total. The Bertz CT molecular complexity index is 449. The molecule has 0 spiro atoms. The largest absolute Gasteiger partial charge is 0.467 e. The zero-order valence-corrected chi connectivity index (χ0v) is 11.9. The van der Waals surface area contributed by atoms with E-state index in [0.29, 0.717) is 19.3 Å². The number of methoxy groups -OCH3 is 1. The van der Waals surface area contributed by atoms with Crippen molar-refractivity contribution in [3.63, 3.8) is 0 Å². The summed E-state index contributed by atoms with van der Waals surface area (Å²) in [6.07, 6.45) is 1.73. The fraction of sp³-hybridized carbons (Fsp3) is 0.643. The number of fused-ring (bicyclic) bond motifs is 1. The van der Waals surface area contributed by atoms with Crippen molar-refractivity contribution in [1.82, 2.24) is 5.32 Å². The van der Waals surface area contributed by atoms with E-state index in [1.54, 1.807) is 0 Å². The Morgan fingerprint density at radius 3 is 3.00 bits per heavy atom. The zero-order valence-electron chi connectivity index (χ0n) is 11.9. The number of hydrogen-bond donors (Lipinski definition) is 1. The lowest BCUT2D eigenvalue weighted by atomic mass is 9.84. The van der Waals surface area contributed by atoms with Crippen molar-refractivity contribution < 1.29 is 28.6 Å². The van der Waals surface area contributed by atoms with Gasteiger partial charge in [0.25, 0.3) is 0 Å². The minimum Gasteiger partial charge on any atom is -0.467 e. The van der Waals surface area contributed by atoms with E-state index in [-0.39, 0.29) is 30.5 Å². The molecular formula is C14H19NO6. The number of alkyl carbamates (subject to hydrolysis) is 1. The van der Waals surface area contributed by atoms with Gasteiger partial charge >= 0.3 is 12.1 Å². The van der Waals surface area contributed by atoms with Crippen LogP contribution in [0, 0.1) is 5.92 Å². The molecule has 2 rings (SSSR count). The average Bonchev–Trinajstić information content (AvgIpc) is 3.27. The Balaban J connectivity index is 1.90. The first-order chi connectivity index (χ1) is 10.1. The molecule has 1 saturated carbocycles. The number of amides is 1. The van der Waals surface area contributed by atoms with Crippen LogP contribution in [0.5, 0.6) is 0 Å². The number of hydrogen-bond acceptors (Lipinski definition) is 6. The van der Waals surface area contributed by atoms with Crippen molar-refractivity contribution >= 4 is 17.8 Å². The van der Waals surface area contributed by atoms with Crippen LogP contribution in [0.1, 0.15) is 19.3 Å².